The third-order valence-electron chi connectivity index (χ3n) is 7.08. The van der Waals surface area contributed by atoms with E-state index >= 15 is 0 Å². The smallest absolute Gasteiger partial charge is 0.335 e. The number of carboxylic acid groups (broad SMARTS) is 1. The zero-order valence-electron chi connectivity index (χ0n) is 18.3. The Hall–Kier alpha value is -3.23. The van der Waals surface area contributed by atoms with Crippen molar-refractivity contribution in [2.75, 3.05) is 32.7 Å². The number of aliphatic hydroxyl groups excluding tert-OH is 1. The minimum Gasteiger partial charge on any atom is -0.478 e. The molecule has 172 valence electrons. The van der Waals surface area contributed by atoms with Crippen LogP contribution in [0.4, 0.5) is 0 Å². The van der Waals surface area contributed by atoms with Crippen LogP contribution in [-0.4, -0.2) is 93.1 Å². The van der Waals surface area contributed by atoms with Gasteiger partial charge in [0.25, 0.3) is 5.91 Å². The van der Waals surface area contributed by atoms with Crippen LogP contribution in [-0.2, 0) is 11.2 Å². The average Bonchev–Trinajstić information content (AvgIpc) is 3.17. The van der Waals surface area contributed by atoms with Gasteiger partial charge in [-0.15, -0.1) is 0 Å². The molecule has 1 spiro atoms. The maximum atomic E-state index is 13.3. The Morgan fingerprint density at radius 2 is 1.61 bits per heavy atom. The molecule has 2 amide bonds. The van der Waals surface area contributed by atoms with Crippen LogP contribution in [0.2, 0.25) is 0 Å². The van der Waals surface area contributed by atoms with Crippen LogP contribution in [0, 0.1) is 0 Å². The number of benzene rings is 2. The van der Waals surface area contributed by atoms with Gasteiger partial charge < -0.3 is 20.0 Å². The number of fused-ring (bicyclic) bond motifs is 2. The van der Waals surface area contributed by atoms with Crippen molar-refractivity contribution in [2.45, 2.75) is 30.5 Å². The molecule has 0 aromatic heterocycles. The first-order chi connectivity index (χ1) is 15.8. The summed E-state index contributed by atoms with van der Waals surface area (Å²) in [5.74, 6) is -1.23. The molecule has 2 aromatic carbocycles. The Labute approximate surface area is 192 Å². The minimum absolute atomic E-state index is 0.0201. The first-order valence-corrected chi connectivity index (χ1v) is 11.2. The normalized spacial score (nSPS) is 23.8. The average molecular weight is 450 g/mol. The number of likely N-dealkylation sites (tertiary alicyclic amines) is 1. The molecule has 2 N–H and O–H groups in total. The highest BCUT2D eigenvalue weighted by atomic mass is 16.4. The molecule has 2 aromatic rings. The number of amides is 2. The maximum absolute atomic E-state index is 13.3. The summed E-state index contributed by atoms with van der Waals surface area (Å²) in [7, 11) is 0. The van der Waals surface area contributed by atoms with E-state index < -0.39 is 12.1 Å². The summed E-state index contributed by atoms with van der Waals surface area (Å²) in [6.45, 7) is 2.50. The van der Waals surface area contributed by atoms with Gasteiger partial charge in [-0.25, -0.2) is 4.79 Å². The molecule has 8 nitrogen and oxygen atoms in total. The van der Waals surface area contributed by atoms with E-state index in [1.54, 1.807) is 17.0 Å². The number of aromatic carboxylic acids is 1. The lowest BCUT2D eigenvalue weighted by Crippen LogP contribution is -2.79. The largest absolute Gasteiger partial charge is 0.478 e. The highest BCUT2D eigenvalue weighted by molar-refractivity contribution is 5.97. The van der Waals surface area contributed by atoms with E-state index in [0.717, 1.165) is 5.56 Å². The number of hydrogen-bond donors (Lipinski definition) is 2. The van der Waals surface area contributed by atoms with E-state index in [0.29, 0.717) is 51.1 Å². The van der Waals surface area contributed by atoms with Crippen LogP contribution in [0.1, 0.15) is 32.7 Å². The zero-order valence-corrected chi connectivity index (χ0v) is 18.3. The second-order valence-electron chi connectivity index (χ2n) is 9.40. The molecule has 3 saturated heterocycles. The highest BCUT2D eigenvalue weighted by Gasteiger charge is 2.57. The SMILES string of the molecule is O=C(O)c1cccc(C(=O)N2CC3CC(O)CN3C3(CN(C(=O)Cc4ccccc4)C3)C2)c1. The maximum Gasteiger partial charge on any atom is 0.335 e. The van der Waals surface area contributed by atoms with Crippen LogP contribution in [0.25, 0.3) is 0 Å². The Bertz CT molecular complexity index is 1080. The fourth-order valence-electron chi connectivity index (χ4n) is 5.54. The lowest BCUT2D eigenvalue weighted by Gasteiger charge is -2.60. The number of carbonyl (C=O) groups is 3. The Balaban J connectivity index is 1.33. The van der Waals surface area contributed by atoms with Gasteiger partial charge in [0.2, 0.25) is 5.91 Å². The zero-order chi connectivity index (χ0) is 23.2. The molecular formula is C25H27N3O5. The first kappa shape index (κ1) is 21.6. The summed E-state index contributed by atoms with van der Waals surface area (Å²) in [6, 6.07) is 15.7. The van der Waals surface area contributed by atoms with Crippen LogP contribution in [0.5, 0.6) is 0 Å². The molecular weight excluding hydrogens is 422 g/mol. The van der Waals surface area contributed by atoms with E-state index in [2.05, 4.69) is 4.90 Å². The molecule has 0 bridgehead atoms. The van der Waals surface area contributed by atoms with Gasteiger partial charge in [0, 0.05) is 44.3 Å². The number of hydrogen-bond acceptors (Lipinski definition) is 5. The van der Waals surface area contributed by atoms with Gasteiger partial charge >= 0.3 is 5.97 Å². The van der Waals surface area contributed by atoms with Crippen molar-refractivity contribution < 1.29 is 24.6 Å². The number of rotatable bonds is 4. The summed E-state index contributed by atoms with van der Waals surface area (Å²) >= 11 is 0. The summed E-state index contributed by atoms with van der Waals surface area (Å²) in [5.41, 5.74) is 1.00. The third-order valence-corrected chi connectivity index (χ3v) is 7.08. The quantitative estimate of drug-likeness (QED) is 0.725. The second-order valence-corrected chi connectivity index (χ2v) is 9.40. The standard InChI is InChI=1S/C25H27N3O5/c29-21-11-20-12-26(23(31)18-7-4-8-19(10-18)24(32)33)14-25(28(20)13-21)15-27(16-25)22(30)9-17-5-2-1-3-6-17/h1-8,10,20-21,29H,9,11-16H2,(H,32,33). The molecule has 0 saturated carbocycles. The van der Waals surface area contributed by atoms with Crippen molar-refractivity contribution in [3.63, 3.8) is 0 Å². The Morgan fingerprint density at radius 1 is 0.909 bits per heavy atom. The number of aliphatic hydroxyl groups is 1. The van der Waals surface area contributed by atoms with Gasteiger partial charge in [-0.05, 0) is 30.2 Å². The lowest BCUT2D eigenvalue weighted by atomic mass is 9.83. The van der Waals surface area contributed by atoms with Gasteiger partial charge in [0.15, 0.2) is 0 Å². The van der Waals surface area contributed by atoms with E-state index in [4.69, 9.17) is 0 Å². The van der Waals surface area contributed by atoms with Gasteiger partial charge in [-0.1, -0.05) is 36.4 Å². The van der Waals surface area contributed by atoms with Crippen molar-refractivity contribution in [3.8, 4) is 0 Å². The molecule has 5 rings (SSSR count). The third kappa shape index (κ3) is 4.00. The van der Waals surface area contributed by atoms with E-state index in [1.165, 1.54) is 12.1 Å². The Morgan fingerprint density at radius 3 is 2.33 bits per heavy atom. The molecule has 33 heavy (non-hydrogen) atoms. The van der Waals surface area contributed by atoms with Crippen molar-refractivity contribution >= 4 is 17.8 Å². The van der Waals surface area contributed by atoms with Gasteiger partial charge in [-0.3, -0.25) is 14.5 Å². The highest BCUT2D eigenvalue weighted by Crippen LogP contribution is 2.39. The minimum atomic E-state index is -1.07. The lowest BCUT2D eigenvalue weighted by molar-refractivity contribution is -0.153. The predicted molar refractivity (Wildman–Crippen MR) is 120 cm³/mol. The van der Waals surface area contributed by atoms with Crippen LogP contribution < -0.4 is 0 Å². The summed E-state index contributed by atoms with van der Waals surface area (Å²) in [5, 5.41) is 19.6. The van der Waals surface area contributed by atoms with Crippen molar-refractivity contribution in [1.29, 1.82) is 0 Å². The van der Waals surface area contributed by atoms with Crippen LogP contribution in [0.3, 0.4) is 0 Å². The predicted octanol–water partition coefficient (Wildman–Crippen LogP) is 1.10. The van der Waals surface area contributed by atoms with Gasteiger partial charge in [0.1, 0.15) is 0 Å². The van der Waals surface area contributed by atoms with Crippen molar-refractivity contribution in [1.82, 2.24) is 14.7 Å². The molecule has 0 aliphatic carbocycles. The fraction of sp³-hybridized carbons (Fsp3) is 0.400. The van der Waals surface area contributed by atoms with Crippen LogP contribution in [0.15, 0.2) is 54.6 Å². The molecule has 3 fully saturated rings. The molecule has 3 aliphatic heterocycles. The van der Waals surface area contributed by atoms with Gasteiger partial charge in [-0.2, -0.15) is 0 Å². The van der Waals surface area contributed by atoms with Crippen molar-refractivity contribution in [3.05, 3.63) is 71.3 Å². The molecule has 2 unspecified atom stereocenters. The number of carboxylic acids is 1. The monoisotopic (exact) mass is 449 g/mol. The molecule has 3 aliphatic rings. The van der Waals surface area contributed by atoms with E-state index in [1.807, 2.05) is 35.2 Å². The number of carbonyl (C=O) groups excluding carboxylic acids is 2. The number of piperazine rings is 1. The van der Waals surface area contributed by atoms with E-state index in [-0.39, 0.29) is 29.0 Å². The van der Waals surface area contributed by atoms with E-state index in [9.17, 15) is 24.6 Å². The number of nitrogens with zero attached hydrogens (tertiary/aromatic N) is 3. The summed E-state index contributed by atoms with van der Waals surface area (Å²) in [6.07, 6.45) is 0.470. The van der Waals surface area contributed by atoms with Gasteiger partial charge in [0.05, 0.1) is 23.6 Å². The molecule has 8 heteroatoms. The summed E-state index contributed by atoms with van der Waals surface area (Å²) < 4.78 is 0. The second kappa shape index (κ2) is 8.28. The molecule has 0 radical (unpaired) electrons. The molecule has 2 atom stereocenters. The van der Waals surface area contributed by atoms with Crippen LogP contribution >= 0.6 is 0 Å². The number of β-amino-alcohol motifs (C(OH)–C–C–N with tert-alkyl or cyclic N) is 1. The Kier molecular flexibility index (Phi) is 5.42. The molecule has 3 heterocycles. The fourth-order valence-corrected chi connectivity index (χ4v) is 5.54. The topological polar surface area (TPSA) is 101 Å². The first-order valence-electron chi connectivity index (χ1n) is 11.2. The van der Waals surface area contributed by atoms with Crippen molar-refractivity contribution in [2.24, 2.45) is 0 Å². The summed E-state index contributed by atoms with van der Waals surface area (Å²) in [4.78, 5) is 43.3.